The minimum Gasteiger partial charge on any atom is -0.303 e. The Hall–Kier alpha value is -0.0800. The van der Waals surface area contributed by atoms with Crippen molar-refractivity contribution in [1.29, 1.82) is 0 Å². The van der Waals surface area contributed by atoms with Gasteiger partial charge in [-0.25, -0.2) is 0 Å². The third-order valence-electron chi connectivity index (χ3n) is 4.98. The molecule has 0 aromatic carbocycles. The van der Waals surface area contributed by atoms with Crippen LogP contribution in [0.25, 0.3) is 0 Å². The zero-order chi connectivity index (χ0) is 12.8. The molecular weight excluding hydrogens is 220 g/mol. The molecule has 0 N–H and O–H groups in total. The Labute approximate surface area is 114 Å². The number of rotatable bonds is 5. The highest BCUT2D eigenvalue weighted by Crippen LogP contribution is 2.22. The Morgan fingerprint density at radius 2 is 1.39 bits per heavy atom. The van der Waals surface area contributed by atoms with Crippen LogP contribution in [0.15, 0.2) is 0 Å². The largest absolute Gasteiger partial charge is 0.303 e. The van der Waals surface area contributed by atoms with Crippen molar-refractivity contribution in [2.45, 2.75) is 52.4 Å². The third-order valence-corrected chi connectivity index (χ3v) is 4.98. The van der Waals surface area contributed by atoms with Gasteiger partial charge in [0.1, 0.15) is 0 Å². The first-order valence-corrected chi connectivity index (χ1v) is 8.22. The van der Waals surface area contributed by atoms with E-state index in [1.807, 2.05) is 0 Å². The Bertz CT molecular complexity index is 213. The van der Waals surface area contributed by atoms with E-state index >= 15 is 0 Å². The SMILES string of the molecule is CCCN1CCC(CCN2CCC(C)CC2)CC1. The molecule has 2 fully saturated rings. The zero-order valence-corrected chi connectivity index (χ0v) is 12.5. The summed E-state index contributed by atoms with van der Waals surface area (Å²) in [4.78, 5) is 5.36. The normalized spacial score (nSPS) is 25.7. The summed E-state index contributed by atoms with van der Waals surface area (Å²) in [6, 6.07) is 0. The minimum atomic E-state index is 0.971. The smallest absolute Gasteiger partial charge is 0.00161 e. The van der Waals surface area contributed by atoms with Crippen molar-refractivity contribution in [2.24, 2.45) is 11.8 Å². The second-order valence-electron chi connectivity index (χ2n) is 6.60. The highest BCUT2D eigenvalue weighted by Gasteiger charge is 2.20. The number of hydrogen-bond donors (Lipinski definition) is 0. The van der Waals surface area contributed by atoms with E-state index in [0.717, 1.165) is 11.8 Å². The van der Waals surface area contributed by atoms with Gasteiger partial charge in [0.25, 0.3) is 0 Å². The molecule has 0 atom stereocenters. The molecule has 0 aromatic heterocycles. The first-order valence-electron chi connectivity index (χ1n) is 8.22. The maximum atomic E-state index is 2.71. The molecule has 2 aliphatic rings. The van der Waals surface area contributed by atoms with Gasteiger partial charge in [0, 0.05) is 0 Å². The van der Waals surface area contributed by atoms with E-state index in [1.54, 1.807) is 0 Å². The van der Waals surface area contributed by atoms with Gasteiger partial charge < -0.3 is 9.80 Å². The van der Waals surface area contributed by atoms with Gasteiger partial charge in [0.2, 0.25) is 0 Å². The second kappa shape index (κ2) is 7.49. The standard InChI is InChI=1S/C16H32N2/c1-3-9-17-12-6-16(7-13-17)8-14-18-10-4-15(2)5-11-18/h15-16H,3-14H2,1-2H3. The van der Waals surface area contributed by atoms with Gasteiger partial charge in [-0.2, -0.15) is 0 Å². The molecule has 0 amide bonds. The van der Waals surface area contributed by atoms with Gasteiger partial charge in [-0.3, -0.25) is 0 Å². The lowest BCUT2D eigenvalue weighted by Gasteiger charge is -2.34. The summed E-state index contributed by atoms with van der Waals surface area (Å²) in [5.74, 6) is 1.98. The number of hydrogen-bond acceptors (Lipinski definition) is 2. The van der Waals surface area contributed by atoms with E-state index in [0.29, 0.717) is 0 Å². The Kier molecular flexibility index (Phi) is 5.97. The summed E-state index contributed by atoms with van der Waals surface area (Å²) in [5.41, 5.74) is 0. The Morgan fingerprint density at radius 3 is 2.00 bits per heavy atom. The molecule has 0 bridgehead atoms. The zero-order valence-electron chi connectivity index (χ0n) is 12.5. The molecule has 106 valence electrons. The van der Waals surface area contributed by atoms with Crippen molar-refractivity contribution in [3.05, 3.63) is 0 Å². The summed E-state index contributed by atoms with van der Waals surface area (Å²) in [6.45, 7) is 12.8. The van der Waals surface area contributed by atoms with Crippen molar-refractivity contribution in [3.8, 4) is 0 Å². The molecule has 0 aromatic rings. The van der Waals surface area contributed by atoms with Crippen LogP contribution in [0.1, 0.15) is 52.4 Å². The van der Waals surface area contributed by atoms with Crippen LogP contribution in [-0.2, 0) is 0 Å². The number of piperidine rings is 2. The molecule has 2 heteroatoms. The number of likely N-dealkylation sites (tertiary alicyclic amines) is 2. The summed E-state index contributed by atoms with van der Waals surface area (Å²) in [7, 11) is 0. The van der Waals surface area contributed by atoms with Crippen LogP contribution >= 0.6 is 0 Å². The maximum Gasteiger partial charge on any atom is -0.00161 e. The Balaban J connectivity index is 1.57. The second-order valence-corrected chi connectivity index (χ2v) is 6.60. The van der Waals surface area contributed by atoms with Crippen LogP contribution in [0, 0.1) is 11.8 Å². The van der Waals surface area contributed by atoms with Gasteiger partial charge in [-0.05, 0) is 89.6 Å². The summed E-state index contributed by atoms with van der Waals surface area (Å²) < 4.78 is 0. The average molecular weight is 252 g/mol. The molecule has 2 aliphatic heterocycles. The van der Waals surface area contributed by atoms with E-state index in [2.05, 4.69) is 23.6 Å². The molecule has 2 nitrogen and oxygen atoms in total. The lowest BCUT2D eigenvalue weighted by molar-refractivity contribution is 0.146. The first-order chi connectivity index (χ1) is 8.78. The molecule has 0 aliphatic carbocycles. The molecule has 18 heavy (non-hydrogen) atoms. The lowest BCUT2D eigenvalue weighted by atomic mass is 9.92. The van der Waals surface area contributed by atoms with E-state index in [1.165, 1.54) is 77.8 Å². The maximum absolute atomic E-state index is 2.71. The van der Waals surface area contributed by atoms with Crippen LogP contribution in [0.3, 0.4) is 0 Å². The van der Waals surface area contributed by atoms with E-state index in [-0.39, 0.29) is 0 Å². The van der Waals surface area contributed by atoms with Crippen molar-refractivity contribution >= 4 is 0 Å². The van der Waals surface area contributed by atoms with E-state index in [4.69, 9.17) is 0 Å². The molecule has 0 saturated carbocycles. The van der Waals surface area contributed by atoms with Crippen molar-refractivity contribution in [2.75, 3.05) is 39.3 Å². The highest BCUT2D eigenvalue weighted by molar-refractivity contribution is 4.75. The van der Waals surface area contributed by atoms with Crippen LogP contribution in [0.2, 0.25) is 0 Å². The predicted molar refractivity (Wildman–Crippen MR) is 78.9 cm³/mol. The van der Waals surface area contributed by atoms with Gasteiger partial charge >= 0.3 is 0 Å². The van der Waals surface area contributed by atoms with Crippen LogP contribution in [0.5, 0.6) is 0 Å². The first kappa shape index (κ1) is 14.3. The fraction of sp³-hybridized carbons (Fsp3) is 1.00. The van der Waals surface area contributed by atoms with Crippen molar-refractivity contribution in [3.63, 3.8) is 0 Å². The van der Waals surface area contributed by atoms with Gasteiger partial charge in [0.05, 0.1) is 0 Å². The summed E-state index contributed by atoms with van der Waals surface area (Å²) in [5, 5.41) is 0. The summed E-state index contributed by atoms with van der Waals surface area (Å²) in [6.07, 6.45) is 8.52. The van der Waals surface area contributed by atoms with Crippen LogP contribution in [-0.4, -0.2) is 49.1 Å². The molecule has 2 rings (SSSR count). The molecule has 0 unspecified atom stereocenters. The summed E-state index contributed by atoms with van der Waals surface area (Å²) >= 11 is 0. The van der Waals surface area contributed by atoms with E-state index < -0.39 is 0 Å². The molecule has 0 radical (unpaired) electrons. The quantitative estimate of drug-likeness (QED) is 0.741. The minimum absolute atomic E-state index is 0.971. The third kappa shape index (κ3) is 4.55. The molecule has 2 heterocycles. The highest BCUT2D eigenvalue weighted by atomic mass is 15.1. The van der Waals surface area contributed by atoms with Gasteiger partial charge in [0.15, 0.2) is 0 Å². The number of nitrogens with zero attached hydrogens (tertiary/aromatic N) is 2. The van der Waals surface area contributed by atoms with Gasteiger partial charge in [-0.1, -0.05) is 13.8 Å². The fourth-order valence-corrected chi connectivity index (χ4v) is 3.47. The topological polar surface area (TPSA) is 6.48 Å². The Morgan fingerprint density at radius 1 is 0.833 bits per heavy atom. The molecule has 2 saturated heterocycles. The van der Waals surface area contributed by atoms with Crippen LogP contribution < -0.4 is 0 Å². The van der Waals surface area contributed by atoms with E-state index in [9.17, 15) is 0 Å². The lowest BCUT2D eigenvalue weighted by Crippen LogP contribution is -2.37. The molecule has 0 spiro atoms. The monoisotopic (exact) mass is 252 g/mol. The average Bonchev–Trinajstić information content (AvgIpc) is 2.40. The predicted octanol–water partition coefficient (Wildman–Crippen LogP) is 3.23. The van der Waals surface area contributed by atoms with Crippen molar-refractivity contribution in [1.82, 2.24) is 9.80 Å². The van der Waals surface area contributed by atoms with Crippen molar-refractivity contribution < 1.29 is 0 Å². The van der Waals surface area contributed by atoms with Gasteiger partial charge in [-0.15, -0.1) is 0 Å². The fourth-order valence-electron chi connectivity index (χ4n) is 3.47. The molecular formula is C16H32N2. The van der Waals surface area contributed by atoms with Crippen LogP contribution in [0.4, 0.5) is 0 Å².